The van der Waals surface area contributed by atoms with E-state index in [-0.39, 0.29) is 6.42 Å². The summed E-state index contributed by atoms with van der Waals surface area (Å²) in [5.74, 6) is -2.75. The lowest BCUT2D eigenvalue weighted by atomic mass is 9.91. The minimum Gasteiger partial charge on any atom is -0.396 e. The lowest BCUT2D eigenvalue weighted by Gasteiger charge is -2.51. The van der Waals surface area contributed by atoms with Gasteiger partial charge < -0.3 is 150 Å². The summed E-state index contributed by atoms with van der Waals surface area (Å²) >= 11 is 0. The molecule has 444 valence electrons. The van der Waals surface area contributed by atoms with E-state index in [9.17, 15) is 102 Å². The summed E-state index contributed by atoms with van der Waals surface area (Å²) in [4.78, 5) is 25.7. The Kier molecular flexibility index (Phi) is 24.7. The average molecular weight is 1120 g/mol. The fraction of sp³-hybridized carbons (Fsp3) is 0.955. The topological polar surface area (TPSA) is 515 Å². The molecule has 5 fully saturated rings. The molecule has 20 N–H and O–H groups in total. The number of carbonyl (C=O) groups is 2. The fourth-order valence-corrected chi connectivity index (χ4v) is 9.56. The van der Waals surface area contributed by atoms with Gasteiger partial charge in [0.25, 0.3) is 0 Å². The highest BCUT2D eigenvalue weighted by Gasteiger charge is 2.58. The smallest absolute Gasteiger partial charge is 0.217 e. The molecule has 76 heavy (non-hydrogen) atoms. The van der Waals surface area contributed by atoms with Gasteiger partial charge in [-0.3, -0.25) is 9.59 Å². The van der Waals surface area contributed by atoms with Crippen molar-refractivity contribution in [2.24, 2.45) is 5.92 Å². The quantitative estimate of drug-likeness (QED) is 0.0427. The lowest BCUT2D eigenvalue weighted by molar-refractivity contribution is -0.389. The van der Waals surface area contributed by atoms with E-state index in [1.165, 1.54) is 6.92 Å². The van der Waals surface area contributed by atoms with Crippen molar-refractivity contribution in [3.63, 3.8) is 0 Å². The molecular weight excluding hydrogens is 1040 g/mol. The molecule has 30 atom stereocenters. The number of amides is 2. The predicted molar refractivity (Wildman–Crippen MR) is 242 cm³/mol. The highest BCUT2D eigenvalue weighted by molar-refractivity contribution is 5.73. The third kappa shape index (κ3) is 14.6. The van der Waals surface area contributed by atoms with Crippen LogP contribution in [0.1, 0.15) is 40.5 Å². The van der Waals surface area contributed by atoms with Crippen molar-refractivity contribution < 1.29 is 149 Å². The minimum absolute atomic E-state index is 0.0213. The Morgan fingerprint density at radius 3 is 1.30 bits per heavy atom. The molecule has 0 radical (unpaired) electrons. The Hall–Kier alpha value is -2.18. The van der Waals surface area contributed by atoms with Crippen molar-refractivity contribution in [2.45, 2.75) is 218 Å². The van der Waals surface area contributed by atoms with E-state index in [1.54, 1.807) is 6.92 Å². The van der Waals surface area contributed by atoms with Gasteiger partial charge in [-0.2, -0.15) is 0 Å². The summed E-state index contributed by atoms with van der Waals surface area (Å²) in [6.07, 6.45) is -51.2. The Labute approximate surface area is 434 Å². The van der Waals surface area contributed by atoms with Crippen LogP contribution in [0.5, 0.6) is 0 Å². The molecule has 0 saturated carbocycles. The van der Waals surface area contributed by atoms with E-state index in [2.05, 4.69) is 10.6 Å². The maximum atomic E-state index is 13.0. The van der Waals surface area contributed by atoms with Gasteiger partial charge in [-0.1, -0.05) is 20.3 Å². The van der Waals surface area contributed by atoms with Crippen LogP contribution in [0.15, 0.2) is 0 Å². The predicted octanol–water partition coefficient (Wildman–Crippen LogP) is -11.7. The summed E-state index contributed by atoms with van der Waals surface area (Å²) < 4.78 is 59.1. The number of carbonyl (C=O) groups excluding carboxylic acids is 2. The van der Waals surface area contributed by atoms with Crippen LogP contribution < -0.4 is 10.6 Å². The highest BCUT2D eigenvalue weighted by Crippen LogP contribution is 2.37. The second-order valence-electron chi connectivity index (χ2n) is 19.5. The van der Waals surface area contributed by atoms with Gasteiger partial charge in [0.05, 0.1) is 45.2 Å². The van der Waals surface area contributed by atoms with Gasteiger partial charge in [0.15, 0.2) is 31.5 Å². The Bertz CT molecular complexity index is 1760. The number of rotatable bonds is 24. The van der Waals surface area contributed by atoms with Crippen LogP contribution >= 0.6 is 0 Å². The van der Waals surface area contributed by atoms with Crippen LogP contribution in [-0.4, -0.2) is 321 Å². The number of ether oxygens (including phenoxy) is 10. The van der Waals surface area contributed by atoms with E-state index in [0.717, 1.165) is 13.8 Å². The Morgan fingerprint density at radius 2 is 0.842 bits per heavy atom. The first-order chi connectivity index (χ1) is 35.9. The number of aliphatic hydroxyl groups excluding tert-OH is 18. The van der Waals surface area contributed by atoms with Crippen LogP contribution in [-0.2, 0) is 57.0 Å². The van der Waals surface area contributed by atoms with Gasteiger partial charge in [-0.25, -0.2) is 0 Å². The molecule has 5 heterocycles. The fourth-order valence-electron chi connectivity index (χ4n) is 9.56. The summed E-state index contributed by atoms with van der Waals surface area (Å²) in [7, 11) is 0. The minimum atomic E-state index is -2.30. The molecule has 32 heteroatoms. The molecule has 30 unspecified atom stereocenters. The number of aliphatic hydroxyl groups is 18. The van der Waals surface area contributed by atoms with E-state index in [4.69, 9.17) is 47.4 Å². The summed E-state index contributed by atoms with van der Waals surface area (Å²) in [5, 5.41) is 199. The first kappa shape index (κ1) is 64.6. The van der Waals surface area contributed by atoms with Crippen LogP contribution in [0.4, 0.5) is 0 Å². The molecule has 0 aromatic rings. The molecule has 5 aliphatic heterocycles. The normalized spacial score (nSPS) is 44.3. The maximum Gasteiger partial charge on any atom is 0.217 e. The van der Waals surface area contributed by atoms with E-state index in [1.807, 2.05) is 0 Å². The zero-order chi connectivity index (χ0) is 56.6. The van der Waals surface area contributed by atoms with Crippen LogP contribution in [0.3, 0.4) is 0 Å². The SMILES string of the molecule is CCCC(O)C(O)C(OC1OC(CO)C(OC2OC(CO)C(OC3OC(CO)C(O)C(OC4OC(CO)C(O)C(O)C4O)C3NC(C)=O)C(O)C2O)C(OC2OC(CO)C(O)C(O)C2O)C1NC(C)=O)C(O)C(C)CO. The van der Waals surface area contributed by atoms with Crippen molar-refractivity contribution in [1.29, 1.82) is 0 Å². The monoisotopic (exact) mass is 1110 g/mol. The zero-order valence-corrected chi connectivity index (χ0v) is 41.9. The van der Waals surface area contributed by atoms with Gasteiger partial charge in [0.2, 0.25) is 11.8 Å². The number of hydrogen-bond acceptors (Lipinski definition) is 30. The van der Waals surface area contributed by atoms with Crippen LogP contribution in [0, 0.1) is 5.92 Å². The molecule has 5 rings (SSSR count). The molecule has 0 bridgehead atoms. The maximum absolute atomic E-state index is 13.0. The second-order valence-corrected chi connectivity index (χ2v) is 19.5. The first-order valence-corrected chi connectivity index (χ1v) is 24.8. The van der Waals surface area contributed by atoms with E-state index >= 15 is 0 Å². The molecule has 32 nitrogen and oxygen atoms in total. The molecule has 5 aliphatic rings. The molecule has 2 amide bonds. The standard InChI is InChI=1S/C44H78N2O30/c1-5-6-16(55)25(57)39(24(56)13(2)7-47)76-41-23(46-15(4)54)38(75-43-33(65)30(62)27(59)18(9-49)69-43)36(21(12-52)70-41)73-44-34(66)31(63)35(20(11-51)71-44)72-40-22(45-14(3)53)37(28(60)19(10-50)67-40)74-42-32(64)29(61)26(58)17(8-48)68-42/h13,16-44,47-52,55-66H,5-12H2,1-4H3,(H,45,53)(H,46,54). The lowest BCUT2D eigenvalue weighted by Crippen LogP contribution is -2.71. The van der Waals surface area contributed by atoms with Crippen molar-refractivity contribution in [1.82, 2.24) is 10.6 Å². The second kappa shape index (κ2) is 29.0. The molecule has 0 spiro atoms. The van der Waals surface area contributed by atoms with Gasteiger partial charge >= 0.3 is 0 Å². The Morgan fingerprint density at radius 1 is 0.461 bits per heavy atom. The zero-order valence-electron chi connectivity index (χ0n) is 41.9. The molecule has 5 saturated heterocycles. The largest absolute Gasteiger partial charge is 0.396 e. The highest BCUT2D eigenvalue weighted by atomic mass is 16.8. The average Bonchev–Trinajstić information content (AvgIpc) is 3.39. The van der Waals surface area contributed by atoms with Gasteiger partial charge in [0, 0.05) is 26.4 Å². The molecule has 0 aliphatic carbocycles. The van der Waals surface area contributed by atoms with Crippen LogP contribution in [0.2, 0.25) is 0 Å². The van der Waals surface area contributed by atoms with Crippen LogP contribution in [0.25, 0.3) is 0 Å². The molecule has 0 aromatic heterocycles. The van der Waals surface area contributed by atoms with E-state index < -0.39 is 235 Å². The third-order valence-corrected chi connectivity index (χ3v) is 13.9. The summed E-state index contributed by atoms with van der Waals surface area (Å²) in [6, 6.07) is -3.53. The number of hydrogen-bond donors (Lipinski definition) is 20. The van der Waals surface area contributed by atoms with Crippen molar-refractivity contribution in [3.05, 3.63) is 0 Å². The van der Waals surface area contributed by atoms with E-state index in [0.29, 0.717) is 6.42 Å². The number of nitrogens with one attached hydrogen (secondary N) is 2. The van der Waals surface area contributed by atoms with Crippen molar-refractivity contribution >= 4 is 11.8 Å². The first-order valence-electron chi connectivity index (χ1n) is 24.8. The Balaban J connectivity index is 1.50. The molecule has 0 aromatic carbocycles. The van der Waals surface area contributed by atoms with Gasteiger partial charge in [0.1, 0.15) is 134 Å². The molecular formula is C44H78N2O30. The van der Waals surface area contributed by atoms with Gasteiger partial charge in [-0.15, -0.1) is 0 Å². The van der Waals surface area contributed by atoms with Crippen molar-refractivity contribution in [3.8, 4) is 0 Å². The van der Waals surface area contributed by atoms with Gasteiger partial charge in [-0.05, 0) is 6.42 Å². The summed E-state index contributed by atoms with van der Waals surface area (Å²) in [5.41, 5.74) is 0. The summed E-state index contributed by atoms with van der Waals surface area (Å²) in [6.45, 7) is -0.586. The third-order valence-electron chi connectivity index (χ3n) is 13.9. The van der Waals surface area contributed by atoms with Crippen molar-refractivity contribution in [2.75, 3.05) is 39.6 Å².